The topological polar surface area (TPSA) is 42.3 Å². The highest BCUT2D eigenvalue weighted by Crippen LogP contribution is 2.36. The Morgan fingerprint density at radius 3 is 2.76 bits per heavy atom. The second-order valence-electron chi connectivity index (χ2n) is 7.73. The minimum Gasteiger partial charge on any atom is -0.298 e. The van der Waals surface area contributed by atoms with Gasteiger partial charge in [0.15, 0.2) is 0 Å². The molecule has 1 aliphatic carbocycles. The highest BCUT2D eigenvalue weighted by atomic mass is 15.3. The minimum atomic E-state index is -0.286. The van der Waals surface area contributed by atoms with E-state index in [2.05, 4.69) is 42.0 Å². The zero-order valence-corrected chi connectivity index (χ0v) is 13.8. The molecule has 0 bridgehead atoms. The van der Waals surface area contributed by atoms with E-state index in [1.807, 2.05) is 0 Å². The molecule has 2 saturated heterocycles. The molecule has 3 aliphatic rings. The first kappa shape index (κ1) is 15.3. The Morgan fingerprint density at radius 2 is 2.05 bits per heavy atom. The first-order valence-electron chi connectivity index (χ1n) is 8.72. The molecule has 21 heavy (non-hydrogen) atoms. The molecule has 0 aromatic heterocycles. The van der Waals surface area contributed by atoms with Crippen LogP contribution in [0.15, 0.2) is 0 Å². The van der Waals surface area contributed by atoms with Crippen molar-refractivity contribution in [2.75, 3.05) is 19.6 Å². The van der Waals surface area contributed by atoms with Crippen molar-refractivity contribution in [1.82, 2.24) is 15.1 Å². The lowest BCUT2D eigenvalue weighted by Gasteiger charge is -2.45. The predicted octanol–water partition coefficient (Wildman–Crippen LogP) is 1.97. The van der Waals surface area contributed by atoms with Crippen LogP contribution in [0, 0.1) is 11.3 Å². The monoisotopic (exact) mass is 290 g/mol. The Bertz CT molecular complexity index is 416. The third-order valence-corrected chi connectivity index (χ3v) is 5.72. The van der Waals surface area contributed by atoms with Gasteiger partial charge in [-0.3, -0.25) is 15.1 Å². The van der Waals surface area contributed by atoms with Gasteiger partial charge in [-0.1, -0.05) is 0 Å². The summed E-state index contributed by atoms with van der Waals surface area (Å²) in [6.07, 6.45) is 5.91. The van der Waals surface area contributed by atoms with Gasteiger partial charge in [0.1, 0.15) is 5.54 Å². The Balaban J connectivity index is 1.66. The fourth-order valence-electron chi connectivity index (χ4n) is 4.84. The Morgan fingerprint density at radius 1 is 1.24 bits per heavy atom. The number of rotatable bonds is 3. The summed E-state index contributed by atoms with van der Waals surface area (Å²) in [6, 6.07) is 4.98. The third-order valence-electron chi connectivity index (χ3n) is 5.72. The van der Waals surface area contributed by atoms with Gasteiger partial charge >= 0.3 is 0 Å². The standard InChI is InChI=1S/C17H30N4/c1-13(2)19-17(12-18)7-6-15(9-17)21-11-16-5-4-8-20(16)10-14(21)3/h13-16,19H,4-11H2,1-3H3. The highest BCUT2D eigenvalue weighted by Gasteiger charge is 2.45. The molecule has 4 unspecified atom stereocenters. The molecule has 0 amide bonds. The van der Waals surface area contributed by atoms with Gasteiger partial charge < -0.3 is 0 Å². The van der Waals surface area contributed by atoms with Gasteiger partial charge in [-0.05, 0) is 59.4 Å². The largest absolute Gasteiger partial charge is 0.298 e. The fourth-order valence-corrected chi connectivity index (χ4v) is 4.84. The van der Waals surface area contributed by atoms with Crippen molar-refractivity contribution in [3.8, 4) is 6.07 Å². The number of piperazine rings is 1. The maximum Gasteiger partial charge on any atom is 0.108 e. The first-order valence-corrected chi connectivity index (χ1v) is 8.72. The van der Waals surface area contributed by atoms with E-state index in [1.54, 1.807) is 0 Å². The molecule has 4 nitrogen and oxygen atoms in total. The lowest BCUT2D eigenvalue weighted by atomic mass is 9.97. The van der Waals surface area contributed by atoms with E-state index in [-0.39, 0.29) is 5.54 Å². The number of nitrogens with zero attached hydrogens (tertiary/aromatic N) is 3. The summed E-state index contributed by atoms with van der Waals surface area (Å²) in [5.74, 6) is 0. The maximum absolute atomic E-state index is 9.66. The van der Waals surface area contributed by atoms with Crippen LogP contribution in [0.25, 0.3) is 0 Å². The van der Waals surface area contributed by atoms with Crippen LogP contribution in [0.1, 0.15) is 52.9 Å². The quantitative estimate of drug-likeness (QED) is 0.863. The van der Waals surface area contributed by atoms with Crippen LogP contribution in [0.2, 0.25) is 0 Å². The van der Waals surface area contributed by atoms with E-state index < -0.39 is 0 Å². The Hall–Kier alpha value is -0.630. The van der Waals surface area contributed by atoms with Crippen LogP contribution in [0.5, 0.6) is 0 Å². The molecule has 1 saturated carbocycles. The Labute approximate surface area is 129 Å². The van der Waals surface area contributed by atoms with E-state index in [9.17, 15) is 5.26 Å². The molecule has 0 aromatic rings. The summed E-state index contributed by atoms with van der Waals surface area (Å²) < 4.78 is 0. The summed E-state index contributed by atoms with van der Waals surface area (Å²) in [4.78, 5) is 5.40. The van der Waals surface area contributed by atoms with Gasteiger partial charge in [-0.2, -0.15) is 5.26 Å². The van der Waals surface area contributed by atoms with Crippen LogP contribution < -0.4 is 5.32 Å². The molecule has 4 atom stereocenters. The van der Waals surface area contributed by atoms with Gasteiger partial charge in [-0.15, -0.1) is 0 Å². The van der Waals surface area contributed by atoms with Gasteiger partial charge in [-0.25, -0.2) is 0 Å². The smallest absolute Gasteiger partial charge is 0.108 e. The van der Waals surface area contributed by atoms with E-state index in [4.69, 9.17) is 0 Å². The van der Waals surface area contributed by atoms with Crippen molar-refractivity contribution in [2.24, 2.45) is 0 Å². The van der Waals surface area contributed by atoms with Crippen molar-refractivity contribution >= 4 is 0 Å². The molecule has 0 aromatic carbocycles. The SMILES string of the molecule is CC(C)NC1(C#N)CCC(N2CC3CCCN3CC2C)C1. The molecule has 4 heteroatoms. The van der Waals surface area contributed by atoms with Gasteiger partial charge in [0.25, 0.3) is 0 Å². The molecule has 118 valence electrons. The number of nitrogens with one attached hydrogen (secondary N) is 1. The van der Waals surface area contributed by atoms with Gasteiger partial charge in [0, 0.05) is 37.3 Å². The zero-order chi connectivity index (χ0) is 15.0. The molecular weight excluding hydrogens is 260 g/mol. The zero-order valence-electron chi connectivity index (χ0n) is 13.8. The second kappa shape index (κ2) is 5.87. The molecular formula is C17H30N4. The van der Waals surface area contributed by atoms with E-state index in [0.717, 1.165) is 18.9 Å². The number of hydrogen-bond donors (Lipinski definition) is 1. The third kappa shape index (κ3) is 2.97. The van der Waals surface area contributed by atoms with Crippen LogP contribution in [0.4, 0.5) is 0 Å². The normalized spacial score (nSPS) is 41.4. The van der Waals surface area contributed by atoms with Crippen molar-refractivity contribution in [1.29, 1.82) is 5.26 Å². The lowest BCUT2D eigenvalue weighted by Crippen LogP contribution is -2.58. The minimum absolute atomic E-state index is 0.286. The molecule has 0 radical (unpaired) electrons. The summed E-state index contributed by atoms with van der Waals surface area (Å²) >= 11 is 0. The number of nitriles is 1. The number of fused-ring (bicyclic) bond motifs is 1. The molecule has 3 rings (SSSR count). The van der Waals surface area contributed by atoms with Gasteiger partial charge in [0.2, 0.25) is 0 Å². The van der Waals surface area contributed by atoms with Crippen LogP contribution in [0.3, 0.4) is 0 Å². The van der Waals surface area contributed by atoms with E-state index in [0.29, 0.717) is 18.1 Å². The first-order chi connectivity index (χ1) is 10.0. The average molecular weight is 290 g/mol. The average Bonchev–Trinajstić information content (AvgIpc) is 3.04. The summed E-state index contributed by atoms with van der Waals surface area (Å²) in [5.41, 5.74) is -0.286. The van der Waals surface area contributed by atoms with Crippen molar-refractivity contribution in [2.45, 2.75) is 82.6 Å². The summed E-state index contributed by atoms with van der Waals surface area (Å²) in [6.45, 7) is 10.4. The molecule has 3 fully saturated rings. The summed E-state index contributed by atoms with van der Waals surface area (Å²) in [5, 5.41) is 13.2. The number of hydrogen-bond acceptors (Lipinski definition) is 4. The van der Waals surface area contributed by atoms with E-state index in [1.165, 1.54) is 38.9 Å². The van der Waals surface area contributed by atoms with E-state index >= 15 is 0 Å². The maximum atomic E-state index is 9.66. The molecule has 2 aliphatic heterocycles. The van der Waals surface area contributed by atoms with Crippen molar-refractivity contribution in [3.05, 3.63) is 0 Å². The van der Waals surface area contributed by atoms with Crippen LogP contribution in [-0.4, -0.2) is 59.1 Å². The van der Waals surface area contributed by atoms with Crippen LogP contribution >= 0.6 is 0 Å². The fraction of sp³-hybridized carbons (Fsp3) is 0.941. The highest BCUT2D eigenvalue weighted by molar-refractivity contribution is 5.14. The van der Waals surface area contributed by atoms with Gasteiger partial charge in [0.05, 0.1) is 6.07 Å². The molecule has 1 N–H and O–H groups in total. The lowest BCUT2D eigenvalue weighted by molar-refractivity contribution is 0.0281. The predicted molar refractivity (Wildman–Crippen MR) is 85.0 cm³/mol. The molecule has 2 heterocycles. The Kier molecular flexibility index (Phi) is 4.27. The van der Waals surface area contributed by atoms with Crippen molar-refractivity contribution < 1.29 is 0 Å². The summed E-state index contributed by atoms with van der Waals surface area (Å²) in [7, 11) is 0. The second-order valence-corrected chi connectivity index (χ2v) is 7.73. The van der Waals surface area contributed by atoms with Crippen molar-refractivity contribution in [3.63, 3.8) is 0 Å². The van der Waals surface area contributed by atoms with Crippen LogP contribution in [-0.2, 0) is 0 Å². The molecule has 0 spiro atoms.